The van der Waals surface area contributed by atoms with E-state index in [-0.39, 0.29) is 10.5 Å². The van der Waals surface area contributed by atoms with E-state index in [4.69, 9.17) is 23.8 Å². The molecule has 10 heteroatoms. The van der Waals surface area contributed by atoms with E-state index in [1.165, 1.54) is 29.1 Å². The highest BCUT2D eigenvalue weighted by Crippen LogP contribution is 2.21. The number of non-ortho nitro benzene ring substituents is 1. The summed E-state index contributed by atoms with van der Waals surface area (Å²) < 4.78 is 1.66. The van der Waals surface area contributed by atoms with Crippen LogP contribution in [0.15, 0.2) is 47.8 Å². The average Bonchev–Trinajstić information content (AvgIpc) is 2.95. The molecule has 0 aliphatic carbocycles. The third-order valence-electron chi connectivity index (χ3n) is 3.07. The Morgan fingerprint density at radius 2 is 2.25 bits per heavy atom. The summed E-state index contributed by atoms with van der Waals surface area (Å²) in [6.45, 7) is 0. The number of benzene rings is 1. The number of aromatic amines is 1. The van der Waals surface area contributed by atoms with Gasteiger partial charge in [-0.25, -0.2) is 5.10 Å². The van der Waals surface area contributed by atoms with Gasteiger partial charge in [-0.15, -0.1) is 0 Å². The third-order valence-corrected chi connectivity index (χ3v) is 3.68. The van der Waals surface area contributed by atoms with Crippen LogP contribution < -0.4 is 0 Å². The molecule has 0 saturated heterocycles. The van der Waals surface area contributed by atoms with Gasteiger partial charge in [-0.1, -0.05) is 11.6 Å². The first-order chi connectivity index (χ1) is 11.6. The van der Waals surface area contributed by atoms with Crippen LogP contribution in [0.25, 0.3) is 11.4 Å². The Labute approximate surface area is 145 Å². The van der Waals surface area contributed by atoms with Gasteiger partial charge in [0.05, 0.1) is 11.1 Å². The van der Waals surface area contributed by atoms with Crippen molar-refractivity contribution in [2.75, 3.05) is 0 Å². The average molecular weight is 361 g/mol. The molecule has 0 amide bonds. The number of rotatable bonds is 4. The first-order valence-electron chi connectivity index (χ1n) is 6.62. The lowest BCUT2D eigenvalue weighted by molar-refractivity contribution is -0.384. The van der Waals surface area contributed by atoms with E-state index < -0.39 is 4.92 Å². The number of nitro groups is 1. The van der Waals surface area contributed by atoms with Gasteiger partial charge in [-0.05, 0) is 30.4 Å². The minimum absolute atomic E-state index is 0.0795. The van der Waals surface area contributed by atoms with Gasteiger partial charge >= 0.3 is 0 Å². The predicted octanol–water partition coefficient (Wildman–Crippen LogP) is 3.45. The number of hydrogen-bond acceptors (Lipinski definition) is 6. The number of aromatic nitrogens is 4. The summed E-state index contributed by atoms with van der Waals surface area (Å²) in [6.07, 6.45) is 4.65. The van der Waals surface area contributed by atoms with Gasteiger partial charge in [-0.3, -0.25) is 15.1 Å². The lowest BCUT2D eigenvalue weighted by Gasteiger charge is -2.01. The first-order valence-corrected chi connectivity index (χ1v) is 7.41. The lowest BCUT2D eigenvalue weighted by Crippen LogP contribution is -1.96. The molecule has 1 N–H and O–H groups in total. The van der Waals surface area contributed by atoms with Crippen molar-refractivity contribution < 1.29 is 4.92 Å². The van der Waals surface area contributed by atoms with E-state index in [1.807, 2.05) is 6.07 Å². The van der Waals surface area contributed by atoms with E-state index in [1.54, 1.807) is 18.5 Å². The smallest absolute Gasteiger partial charge is 0.264 e. The SMILES string of the molecule is O=[N+]([O-])c1ccc(Cl)c(C=Nn2c(-c3cccnc3)n[nH]c2=S)c1. The Bertz CT molecular complexity index is 982. The number of nitro benzene ring substituents is 1. The maximum absolute atomic E-state index is 10.9. The molecule has 0 fully saturated rings. The number of hydrogen-bond donors (Lipinski definition) is 1. The molecule has 0 spiro atoms. The van der Waals surface area contributed by atoms with E-state index in [9.17, 15) is 10.1 Å². The molecule has 2 heterocycles. The fraction of sp³-hybridized carbons (Fsp3) is 0. The monoisotopic (exact) mass is 360 g/mol. The maximum atomic E-state index is 10.9. The van der Waals surface area contributed by atoms with Crippen molar-refractivity contribution in [2.24, 2.45) is 5.10 Å². The summed E-state index contributed by atoms with van der Waals surface area (Å²) in [5.74, 6) is 0.464. The molecule has 8 nitrogen and oxygen atoms in total. The van der Waals surface area contributed by atoms with E-state index in [0.29, 0.717) is 22.0 Å². The van der Waals surface area contributed by atoms with Gasteiger partial charge in [0, 0.05) is 40.7 Å². The minimum atomic E-state index is -0.502. The van der Waals surface area contributed by atoms with E-state index in [2.05, 4.69) is 20.3 Å². The Kier molecular flexibility index (Phi) is 4.45. The van der Waals surface area contributed by atoms with Crippen LogP contribution in [0, 0.1) is 14.9 Å². The van der Waals surface area contributed by atoms with Crippen molar-refractivity contribution in [3.05, 3.63) is 68.2 Å². The number of nitrogens with one attached hydrogen (secondary N) is 1. The zero-order valence-electron chi connectivity index (χ0n) is 12.0. The standard InChI is InChI=1S/C14H9ClN6O2S/c15-12-4-3-11(21(22)23)6-10(12)8-17-20-13(18-19-14(20)24)9-2-1-5-16-7-9/h1-8H,(H,19,24). The molecule has 2 aromatic heterocycles. The molecular formula is C14H9ClN6O2S. The molecule has 0 aliphatic heterocycles. The number of halogens is 1. The molecule has 1 aromatic carbocycles. The van der Waals surface area contributed by atoms with Crippen LogP contribution in [-0.2, 0) is 0 Å². The van der Waals surface area contributed by atoms with Gasteiger partial charge < -0.3 is 0 Å². The van der Waals surface area contributed by atoms with Crippen molar-refractivity contribution in [1.29, 1.82) is 0 Å². The molecule has 0 radical (unpaired) electrons. The van der Waals surface area contributed by atoms with Crippen LogP contribution in [0.5, 0.6) is 0 Å². The molecule has 24 heavy (non-hydrogen) atoms. The molecule has 0 bridgehead atoms. The van der Waals surface area contributed by atoms with Crippen LogP contribution in [0.4, 0.5) is 5.69 Å². The highest BCUT2D eigenvalue weighted by atomic mass is 35.5. The van der Waals surface area contributed by atoms with Crippen LogP contribution in [0.3, 0.4) is 0 Å². The van der Waals surface area contributed by atoms with Gasteiger partial charge in [0.2, 0.25) is 4.77 Å². The summed E-state index contributed by atoms with van der Waals surface area (Å²) >= 11 is 11.2. The summed E-state index contributed by atoms with van der Waals surface area (Å²) in [5, 5.41) is 22.2. The second-order valence-corrected chi connectivity index (χ2v) is 5.41. The molecule has 0 aliphatic rings. The quantitative estimate of drug-likeness (QED) is 0.332. The summed E-state index contributed by atoms with van der Waals surface area (Å²) in [6, 6.07) is 7.67. The zero-order chi connectivity index (χ0) is 17.1. The molecule has 3 rings (SSSR count). The molecule has 120 valence electrons. The van der Waals surface area contributed by atoms with Gasteiger partial charge in [0.1, 0.15) is 0 Å². The van der Waals surface area contributed by atoms with E-state index in [0.717, 1.165) is 0 Å². The zero-order valence-corrected chi connectivity index (χ0v) is 13.5. The van der Waals surface area contributed by atoms with Gasteiger partial charge in [0.15, 0.2) is 5.82 Å². The Morgan fingerprint density at radius 1 is 1.42 bits per heavy atom. The van der Waals surface area contributed by atoms with Crippen LogP contribution in [0.1, 0.15) is 5.56 Å². The second-order valence-electron chi connectivity index (χ2n) is 4.61. The maximum Gasteiger partial charge on any atom is 0.270 e. The van der Waals surface area contributed by atoms with Crippen molar-refractivity contribution >= 4 is 35.7 Å². The highest BCUT2D eigenvalue weighted by Gasteiger charge is 2.10. The van der Waals surface area contributed by atoms with Gasteiger partial charge in [-0.2, -0.15) is 14.9 Å². The summed E-state index contributed by atoms with van der Waals surface area (Å²) in [5.41, 5.74) is 1.03. The Balaban J connectivity index is 2.02. The van der Waals surface area contributed by atoms with Crippen molar-refractivity contribution in [3.8, 4) is 11.4 Å². The molecule has 3 aromatic rings. The van der Waals surface area contributed by atoms with Gasteiger partial charge in [0.25, 0.3) is 5.69 Å². The Hall–Kier alpha value is -2.91. The number of H-pyrrole nitrogens is 1. The third kappa shape index (κ3) is 3.21. The predicted molar refractivity (Wildman–Crippen MR) is 91.7 cm³/mol. The van der Waals surface area contributed by atoms with Crippen molar-refractivity contribution in [2.45, 2.75) is 0 Å². The normalized spacial score (nSPS) is 11.0. The molecular weight excluding hydrogens is 352 g/mol. The Morgan fingerprint density at radius 3 is 2.96 bits per heavy atom. The summed E-state index contributed by atoms with van der Waals surface area (Å²) in [7, 11) is 0. The first kappa shape index (κ1) is 16.0. The minimum Gasteiger partial charge on any atom is -0.264 e. The lowest BCUT2D eigenvalue weighted by atomic mass is 10.2. The fourth-order valence-electron chi connectivity index (χ4n) is 1.94. The number of nitrogens with zero attached hydrogens (tertiary/aromatic N) is 5. The highest BCUT2D eigenvalue weighted by molar-refractivity contribution is 7.71. The molecule has 0 unspecified atom stereocenters. The van der Waals surface area contributed by atoms with Crippen molar-refractivity contribution in [1.82, 2.24) is 19.9 Å². The van der Waals surface area contributed by atoms with Crippen molar-refractivity contribution in [3.63, 3.8) is 0 Å². The fourth-order valence-corrected chi connectivity index (χ4v) is 2.29. The molecule has 0 saturated carbocycles. The van der Waals surface area contributed by atoms with Crippen LogP contribution in [0.2, 0.25) is 5.02 Å². The summed E-state index contributed by atoms with van der Waals surface area (Å²) in [4.78, 5) is 14.4. The van der Waals surface area contributed by atoms with Crippen LogP contribution >= 0.6 is 23.8 Å². The number of pyridine rings is 1. The second kappa shape index (κ2) is 6.69. The largest absolute Gasteiger partial charge is 0.270 e. The van der Waals surface area contributed by atoms with Crippen LogP contribution in [-0.4, -0.2) is 31.0 Å². The topological polar surface area (TPSA) is 102 Å². The molecule has 0 atom stereocenters. The van der Waals surface area contributed by atoms with E-state index >= 15 is 0 Å².